The summed E-state index contributed by atoms with van der Waals surface area (Å²) in [4.78, 5) is 24.1. The van der Waals surface area contributed by atoms with Gasteiger partial charge in [0.1, 0.15) is 11.5 Å². The number of halogens is 1. The van der Waals surface area contributed by atoms with Gasteiger partial charge in [-0.15, -0.1) is 11.8 Å². The van der Waals surface area contributed by atoms with Crippen LogP contribution < -0.4 is 20.5 Å². The number of hydrazine groups is 1. The number of carbonyl (C=O) groups excluding carboxylic acids is 2. The third-order valence-electron chi connectivity index (χ3n) is 3.31. The zero-order chi connectivity index (χ0) is 17.1. The molecular weight excluding hydrogens is 350 g/mol. The van der Waals surface area contributed by atoms with E-state index in [9.17, 15) is 9.59 Å². The van der Waals surface area contributed by atoms with E-state index in [-0.39, 0.29) is 12.5 Å². The highest BCUT2D eigenvalue weighted by Gasteiger charge is 2.24. The summed E-state index contributed by atoms with van der Waals surface area (Å²) in [6.45, 7) is 0.0173. The highest BCUT2D eigenvalue weighted by molar-refractivity contribution is 7.98. The third-order valence-corrected chi connectivity index (χ3v) is 4.35. The van der Waals surface area contributed by atoms with E-state index in [4.69, 9.17) is 16.3 Å². The number of rotatable bonds is 4. The summed E-state index contributed by atoms with van der Waals surface area (Å²) in [6.07, 6.45) is 2.00. The number of carbonyl (C=O) groups is 2. The van der Waals surface area contributed by atoms with Crippen LogP contribution in [0.5, 0.6) is 11.5 Å². The monoisotopic (exact) mass is 363 g/mol. The molecule has 0 spiro atoms. The Hall–Kier alpha value is -2.22. The van der Waals surface area contributed by atoms with Gasteiger partial charge in [-0.25, -0.2) is 15.2 Å². The van der Waals surface area contributed by atoms with E-state index in [1.54, 1.807) is 30.0 Å². The number of thioether (sulfide) groups is 1. The third kappa shape index (κ3) is 3.64. The molecule has 0 aromatic heterocycles. The molecule has 124 valence electrons. The number of hydrogen-bond donors (Lipinski definition) is 2. The van der Waals surface area contributed by atoms with Gasteiger partial charge >= 0.3 is 6.03 Å². The summed E-state index contributed by atoms with van der Waals surface area (Å²) in [7, 11) is 0. The lowest BCUT2D eigenvalue weighted by atomic mass is 10.3. The molecule has 1 saturated heterocycles. The SMILES string of the molecule is CSc1ccc(Oc2ccc(N3NCC(=O)NC3=O)cc2Cl)cc1. The first-order valence-electron chi connectivity index (χ1n) is 7.06. The second-order valence-electron chi connectivity index (χ2n) is 4.92. The number of benzene rings is 2. The molecule has 1 aliphatic heterocycles. The van der Waals surface area contributed by atoms with Crippen molar-refractivity contribution in [1.29, 1.82) is 0 Å². The Kier molecular flexibility index (Phi) is 4.94. The maximum absolute atomic E-state index is 11.8. The van der Waals surface area contributed by atoms with Crippen LogP contribution in [0.25, 0.3) is 0 Å². The Morgan fingerprint density at radius 3 is 2.54 bits per heavy atom. The number of hydrogen-bond acceptors (Lipinski definition) is 5. The molecule has 2 N–H and O–H groups in total. The van der Waals surface area contributed by atoms with Gasteiger partial charge in [-0.2, -0.15) is 0 Å². The van der Waals surface area contributed by atoms with Crippen LogP contribution in [0, 0.1) is 0 Å². The number of nitrogens with zero attached hydrogens (tertiary/aromatic N) is 1. The first-order valence-corrected chi connectivity index (χ1v) is 8.66. The predicted octanol–water partition coefficient (Wildman–Crippen LogP) is 3.42. The van der Waals surface area contributed by atoms with Crippen molar-refractivity contribution in [1.82, 2.24) is 10.7 Å². The van der Waals surface area contributed by atoms with E-state index >= 15 is 0 Å². The van der Waals surface area contributed by atoms with Gasteiger partial charge in [0, 0.05) is 4.90 Å². The molecule has 1 heterocycles. The smallest absolute Gasteiger partial charge is 0.343 e. The fraction of sp³-hybridized carbons (Fsp3) is 0.125. The Balaban J connectivity index is 1.76. The van der Waals surface area contributed by atoms with Crippen molar-refractivity contribution < 1.29 is 14.3 Å². The highest BCUT2D eigenvalue weighted by atomic mass is 35.5. The number of amides is 3. The van der Waals surface area contributed by atoms with E-state index in [1.807, 2.05) is 30.5 Å². The fourth-order valence-electron chi connectivity index (χ4n) is 2.13. The van der Waals surface area contributed by atoms with Crippen molar-refractivity contribution in [3.05, 3.63) is 47.5 Å². The summed E-state index contributed by atoms with van der Waals surface area (Å²) in [5.41, 5.74) is 3.22. The van der Waals surface area contributed by atoms with Gasteiger partial charge in [0.25, 0.3) is 0 Å². The lowest BCUT2D eigenvalue weighted by Gasteiger charge is -2.27. The van der Waals surface area contributed by atoms with Crippen LogP contribution in [0.3, 0.4) is 0 Å². The van der Waals surface area contributed by atoms with Gasteiger partial charge in [0.2, 0.25) is 5.91 Å². The van der Waals surface area contributed by atoms with E-state index in [1.165, 1.54) is 5.01 Å². The van der Waals surface area contributed by atoms with Crippen molar-refractivity contribution in [3.8, 4) is 11.5 Å². The summed E-state index contributed by atoms with van der Waals surface area (Å²) in [5, 5.41) is 3.80. The minimum atomic E-state index is -0.552. The second-order valence-corrected chi connectivity index (χ2v) is 6.20. The molecular formula is C16H14ClN3O3S. The zero-order valence-electron chi connectivity index (χ0n) is 12.7. The quantitative estimate of drug-likeness (QED) is 0.814. The summed E-state index contributed by atoms with van der Waals surface area (Å²) < 4.78 is 5.76. The standard InChI is InChI=1S/C16H14ClN3O3S/c1-24-12-5-3-11(4-6-12)23-14-7-2-10(8-13(14)17)20-16(22)19-15(21)9-18-20/h2-8,18H,9H2,1H3,(H,19,21,22). The molecule has 0 aliphatic carbocycles. The van der Waals surface area contributed by atoms with Crippen LogP contribution in [0.1, 0.15) is 0 Å². The number of nitrogens with one attached hydrogen (secondary N) is 2. The van der Waals surface area contributed by atoms with E-state index < -0.39 is 6.03 Å². The highest BCUT2D eigenvalue weighted by Crippen LogP contribution is 2.33. The molecule has 6 nitrogen and oxygen atoms in total. The normalized spacial score (nSPS) is 14.5. The Bertz CT molecular complexity index is 783. The van der Waals surface area contributed by atoms with Gasteiger partial charge in [0.15, 0.2) is 0 Å². The zero-order valence-corrected chi connectivity index (χ0v) is 14.3. The van der Waals surface area contributed by atoms with Gasteiger partial charge in [-0.05, 0) is 48.7 Å². The van der Waals surface area contributed by atoms with Gasteiger partial charge in [-0.3, -0.25) is 10.1 Å². The number of imide groups is 1. The van der Waals surface area contributed by atoms with Crippen LogP contribution in [0.15, 0.2) is 47.4 Å². The molecule has 0 atom stereocenters. The predicted molar refractivity (Wildman–Crippen MR) is 93.8 cm³/mol. The first kappa shape index (κ1) is 16.6. The first-order chi connectivity index (χ1) is 11.6. The lowest BCUT2D eigenvalue weighted by molar-refractivity contribution is -0.119. The van der Waals surface area contributed by atoms with Gasteiger partial charge in [-0.1, -0.05) is 11.6 Å². The van der Waals surface area contributed by atoms with Gasteiger partial charge in [0.05, 0.1) is 17.3 Å². The molecule has 0 saturated carbocycles. The molecule has 3 rings (SSSR count). The molecule has 2 aromatic rings. The van der Waals surface area contributed by atoms with E-state index in [0.29, 0.717) is 22.2 Å². The Morgan fingerprint density at radius 1 is 1.17 bits per heavy atom. The molecule has 1 fully saturated rings. The van der Waals surface area contributed by atoms with Gasteiger partial charge < -0.3 is 4.74 Å². The molecule has 2 aromatic carbocycles. The van der Waals surface area contributed by atoms with E-state index in [2.05, 4.69) is 10.7 Å². The molecule has 24 heavy (non-hydrogen) atoms. The second kappa shape index (κ2) is 7.12. The maximum Gasteiger partial charge on any atom is 0.343 e. The topological polar surface area (TPSA) is 70.7 Å². The molecule has 1 aliphatic rings. The maximum atomic E-state index is 11.8. The van der Waals surface area contributed by atoms with Crippen molar-refractivity contribution in [2.45, 2.75) is 4.90 Å². The van der Waals surface area contributed by atoms with Crippen molar-refractivity contribution in [2.75, 3.05) is 17.8 Å². The van der Waals surface area contributed by atoms with Crippen LogP contribution in [-0.2, 0) is 4.79 Å². The molecule has 3 amide bonds. The van der Waals surface area contributed by atoms with Crippen LogP contribution >= 0.6 is 23.4 Å². The summed E-state index contributed by atoms with van der Waals surface area (Å²) in [6, 6.07) is 12.0. The Labute approximate surface area is 148 Å². The van der Waals surface area contributed by atoms with Crippen LogP contribution in [-0.4, -0.2) is 24.7 Å². The van der Waals surface area contributed by atoms with E-state index in [0.717, 1.165) is 4.90 Å². The van der Waals surface area contributed by atoms with Crippen molar-refractivity contribution >= 4 is 41.0 Å². The summed E-state index contributed by atoms with van der Waals surface area (Å²) in [5.74, 6) is 0.767. The van der Waals surface area contributed by atoms with Crippen LogP contribution in [0.2, 0.25) is 5.02 Å². The number of urea groups is 1. The molecule has 0 radical (unpaired) electrons. The average molecular weight is 364 g/mol. The average Bonchev–Trinajstić information content (AvgIpc) is 2.57. The van der Waals surface area contributed by atoms with Crippen molar-refractivity contribution in [2.24, 2.45) is 0 Å². The largest absolute Gasteiger partial charge is 0.456 e. The minimum absolute atomic E-state index is 0.0173. The summed E-state index contributed by atoms with van der Waals surface area (Å²) >= 11 is 7.90. The van der Waals surface area contributed by atoms with Crippen molar-refractivity contribution in [3.63, 3.8) is 0 Å². The molecule has 0 bridgehead atoms. The molecule has 8 heteroatoms. The minimum Gasteiger partial charge on any atom is -0.456 e. The Morgan fingerprint density at radius 2 is 1.92 bits per heavy atom. The molecule has 0 unspecified atom stereocenters. The fourth-order valence-corrected chi connectivity index (χ4v) is 2.75. The number of anilines is 1. The lowest BCUT2D eigenvalue weighted by Crippen LogP contribution is -2.59. The number of ether oxygens (including phenoxy) is 1. The van der Waals surface area contributed by atoms with Crippen LogP contribution in [0.4, 0.5) is 10.5 Å².